The van der Waals surface area contributed by atoms with Gasteiger partial charge in [-0.3, -0.25) is 4.98 Å². The fourth-order valence-corrected chi connectivity index (χ4v) is 2.97. The van der Waals surface area contributed by atoms with Crippen molar-refractivity contribution in [3.8, 4) is 22.6 Å². The summed E-state index contributed by atoms with van der Waals surface area (Å²) in [6, 6.07) is 15.9. The third kappa shape index (κ3) is 4.29. The maximum atomic E-state index is 13.8. The lowest BCUT2D eigenvalue weighted by atomic mass is 10.1. The lowest BCUT2D eigenvalue weighted by molar-refractivity contribution is 0.628. The van der Waals surface area contributed by atoms with E-state index in [4.69, 9.17) is 0 Å². The van der Waals surface area contributed by atoms with Gasteiger partial charge in [0.25, 0.3) is 0 Å². The molecule has 0 spiro atoms. The Morgan fingerprint density at radius 1 is 1.03 bits per heavy atom. The first-order valence-corrected chi connectivity index (χ1v) is 9.44. The molecule has 0 aliphatic rings. The van der Waals surface area contributed by atoms with Crippen molar-refractivity contribution in [1.29, 1.82) is 0 Å². The summed E-state index contributed by atoms with van der Waals surface area (Å²) in [7, 11) is 0. The summed E-state index contributed by atoms with van der Waals surface area (Å²) in [6.45, 7) is 4.57. The molecule has 0 aliphatic heterocycles. The van der Waals surface area contributed by atoms with Crippen molar-refractivity contribution >= 4 is 5.82 Å². The zero-order chi connectivity index (χ0) is 20.2. The third-order valence-electron chi connectivity index (χ3n) is 4.49. The van der Waals surface area contributed by atoms with Gasteiger partial charge >= 0.3 is 0 Å². The number of anilines is 1. The molecule has 3 heterocycles. The zero-order valence-electron chi connectivity index (χ0n) is 16.2. The van der Waals surface area contributed by atoms with E-state index in [2.05, 4.69) is 44.3 Å². The molecule has 0 unspecified atom stereocenters. The fraction of sp³-hybridized carbons (Fsp3) is 0.182. The summed E-state index contributed by atoms with van der Waals surface area (Å²) in [4.78, 5) is 12.4. The van der Waals surface area contributed by atoms with Gasteiger partial charge in [-0.05, 0) is 42.3 Å². The highest BCUT2D eigenvalue weighted by molar-refractivity contribution is 5.76. The van der Waals surface area contributed by atoms with E-state index in [0.29, 0.717) is 35.4 Å². The summed E-state index contributed by atoms with van der Waals surface area (Å²) >= 11 is 0. The van der Waals surface area contributed by atoms with E-state index in [1.807, 2.05) is 36.4 Å². The molecule has 29 heavy (non-hydrogen) atoms. The second-order valence-electron chi connectivity index (χ2n) is 6.98. The van der Waals surface area contributed by atoms with Crippen molar-refractivity contribution in [2.24, 2.45) is 0 Å². The number of benzene rings is 1. The summed E-state index contributed by atoms with van der Waals surface area (Å²) in [5.74, 6) is 1.38. The number of aromatic amines is 1. The molecule has 0 bridgehead atoms. The van der Waals surface area contributed by atoms with Crippen molar-refractivity contribution in [3.05, 3.63) is 78.1 Å². The van der Waals surface area contributed by atoms with Gasteiger partial charge < -0.3 is 10.3 Å². The Labute approximate surface area is 168 Å². The van der Waals surface area contributed by atoms with Gasteiger partial charge in [-0.2, -0.15) is 5.10 Å². The number of nitrogens with one attached hydrogen (secondary N) is 2. The number of hydrogen-bond acceptors (Lipinski definition) is 5. The fourth-order valence-electron chi connectivity index (χ4n) is 2.97. The Morgan fingerprint density at radius 2 is 1.93 bits per heavy atom. The molecule has 0 saturated heterocycles. The molecular formula is C22H21FN6. The number of halogens is 1. The van der Waals surface area contributed by atoms with Gasteiger partial charge in [-0.15, -0.1) is 5.10 Å². The molecule has 4 aromatic rings. The Morgan fingerprint density at radius 3 is 2.62 bits per heavy atom. The molecule has 146 valence electrons. The van der Waals surface area contributed by atoms with Crippen LogP contribution in [0.5, 0.6) is 0 Å². The molecule has 0 saturated carbocycles. The average molecular weight is 388 g/mol. The van der Waals surface area contributed by atoms with Crippen LogP contribution in [-0.4, -0.2) is 25.1 Å². The molecule has 0 radical (unpaired) electrons. The van der Waals surface area contributed by atoms with Gasteiger partial charge in [0.15, 0.2) is 0 Å². The standard InChI is InChI=1S/C22H21FN6/c1-14(2)17-9-10-19(29-28-17)25-13-20-26-21(15-6-5-7-16(23)12-15)22(27-20)18-8-3-4-11-24-18/h3-12,14H,13H2,1-2H3,(H,25,29)(H,26,27). The van der Waals surface area contributed by atoms with Crippen LogP contribution in [0, 0.1) is 5.82 Å². The van der Waals surface area contributed by atoms with Crippen molar-refractivity contribution < 1.29 is 4.39 Å². The number of rotatable bonds is 6. The van der Waals surface area contributed by atoms with E-state index in [1.165, 1.54) is 12.1 Å². The minimum absolute atomic E-state index is 0.308. The van der Waals surface area contributed by atoms with E-state index in [-0.39, 0.29) is 5.82 Å². The van der Waals surface area contributed by atoms with Crippen LogP contribution in [0.25, 0.3) is 22.6 Å². The number of hydrogen-bond donors (Lipinski definition) is 2. The smallest absolute Gasteiger partial charge is 0.149 e. The van der Waals surface area contributed by atoms with Crippen molar-refractivity contribution in [2.45, 2.75) is 26.3 Å². The van der Waals surface area contributed by atoms with Gasteiger partial charge in [0, 0.05) is 11.8 Å². The highest BCUT2D eigenvalue weighted by Gasteiger charge is 2.15. The normalized spacial score (nSPS) is 11.0. The van der Waals surface area contributed by atoms with E-state index >= 15 is 0 Å². The quantitative estimate of drug-likeness (QED) is 0.496. The van der Waals surface area contributed by atoms with Crippen LogP contribution in [0.2, 0.25) is 0 Å². The molecule has 0 atom stereocenters. The predicted octanol–water partition coefficient (Wildman–Crippen LogP) is 4.80. The maximum Gasteiger partial charge on any atom is 0.149 e. The SMILES string of the molecule is CC(C)c1ccc(NCc2nc(-c3cccc(F)c3)c(-c3ccccn3)[nH]2)nn1. The number of pyridine rings is 1. The average Bonchev–Trinajstić information content (AvgIpc) is 3.18. The molecule has 3 aromatic heterocycles. The summed E-state index contributed by atoms with van der Waals surface area (Å²) in [5.41, 5.74) is 3.77. The Hall–Kier alpha value is -3.61. The van der Waals surface area contributed by atoms with Crippen LogP contribution in [0.4, 0.5) is 10.2 Å². The molecule has 6 nitrogen and oxygen atoms in total. The second-order valence-corrected chi connectivity index (χ2v) is 6.98. The predicted molar refractivity (Wildman–Crippen MR) is 111 cm³/mol. The van der Waals surface area contributed by atoms with Crippen LogP contribution in [0.1, 0.15) is 31.3 Å². The molecule has 0 amide bonds. The zero-order valence-corrected chi connectivity index (χ0v) is 16.2. The van der Waals surface area contributed by atoms with E-state index in [0.717, 1.165) is 17.1 Å². The highest BCUT2D eigenvalue weighted by Crippen LogP contribution is 2.29. The number of H-pyrrole nitrogens is 1. The number of nitrogens with zero attached hydrogens (tertiary/aromatic N) is 4. The first-order chi connectivity index (χ1) is 14.1. The summed E-state index contributed by atoms with van der Waals surface area (Å²) in [6.07, 6.45) is 1.72. The number of aromatic nitrogens is 5. The van der Waals surface area contributed by atoms with E-state index in [1.54, 1.807) is 12.3 Å². The van der Waals surface area contributed by atoms with Crippen LogP contribution >= 0.6 is 0 Å². The van der Waals surface area contributed by atoms with Crippen molar-refractivity contribution in [3.63, 3.8) is 0 Å². The largest absolute Gasteiger partial charge is 0.361 e. The lowest BCUT2D eigenvalue weighted by Gasteiger charge is -2.05. The Kier molecular flexibility index (Phi) is 5.29. The topological polar surface area (TPSA) is 79.4 Å². The minimum Gasteiger partial charge on any atom is -0.361 e. The highest BCUT2D eigenvalue weighted by atomic mass is 19.1. The van der Waals surface area contributed by atoms with Gasteiger partial charge in [0.2, 0.25) is 0 Å². The minimum atomic E-state index is -0.308. The van der Waals surface area contributed by atoms with Crippen LogP contribution in [-0.2, 0) is 6.54 Å². The first kappa shape index (κ1) is 18.7. The van der Waals surface area contributed by atoms with Crippen LogP contribution < -0.4 is 5.32 Å². The molecule has 0 aliphatic carbocycles. The lowest BCUT2D eigenvalue weighted by Crippen LogP contribution is -2.05. The molecule has 4 rings (SSSR count). The molecule has 7 heteroatoms. The van der Waals surface area contributed by atoms with Gasteiger partial charge in [-0.1, -0.05) is 32.0 Å². The first-order valence-electron chi connectivity index (χ1n) is 9.44. The molecular weight excluding hydrogens is 367 g/mol. The maximum absolute atomic E-state index is 13.8. The van der Waals surface area contributed by atoms with Crippen molar-refractivity contribution in [1.82, 2.24) is 25.1 Å². The van der Waals surface area contributed by atoms with Gasteiger partial charge in [0.1, 0.15) is 17.5 Å². The van der Waals surface area contributed by atoms with Crippen molar-refractivity contribution in [2.75, 3.05) is 5.32 Å². The Balaban J connectivity index is 1.62. The molecule has 2 N–H and O–H groups in total. The van der Waals surface area contributed by atoms with Gasteiger partial charge in [-0.25, -0.2) is 9.37 Å². The summed E-state index contributed by atoms with van der Waals surface area (Å²) in [5, 5.41) is 11.7. The second kappa shape index (κ2) is 8.18. The monoisotopic (exact) mass is 388 g/mol. The Bertz CT molecular complexity index is 1090. The molecule has 0 fully saturated rings. The van der Waals surface area contributed by atoms with Gasteiger partial charge in [0.05, 0.1) is 29.3 Å². The van der Waals surface area contributed by atoms with E-state index < -0.39 is 0 Å². The third-order valence-corrected chi connectivity index (χ3v) is 4.49. The van der Waals surface area contributed by atoms with Crippen LogP contribution in [0.3, 0.4) is 0 Å². The van der Waals surface area contributed by atoms with E-state index in [9.17, 15) is 4.39 Å². The summed E-state index contributed by atoms with van der Waals surface area (Å²) < 4.78 is 13.8. The number of imidazole rings is 1. The molecule has 1 aromatic carbocycles. The van der Waals surface area contributed by atoms with Crippen LogP contribution in [0.15, 0.2) is 60.8 Å².